The highest BCUT2D eigenvalue weighted by molar-refractivity contribution is 6.01. The van der Waals surface area contributed by atoms with Gasteiger partial charge in [0.1, 0.15) is 17.3 Å². The quantitative estimate of drug-likeness (QED) is 0.824. The fourth-order valence-electron chi connectivity index (χ4n) is 2.77. The van der Waals surface area contributed by atoms with E-state index in [0.29, 0.717) is 24.3 Å². The minimum absolute atomic E-state index is 0.0371. The molecule has 0 saturated heterocycles. The standard InChI is InChI=1S/C16H16O4/c1-9-6-10(2-5-14(9)18)13-8-20-15-7-11(17)3-4-12(15)16(13)19/h2-5,7,10,13,17-18H,6,8H2,1H3/t10?,13-/m1/s1. The predicted molar refractivity (Wildman–Crippen MR) is 74.0 cm³/mol. The van der Waals surface area contributed by atoms with Crippen LogP contribution in [0.15, 0.2) is 41.7 Å². The summed E-state index contributed by atoms with van der Waals surface area (Å²) < 4.78 is 5.61. The van der Waals surface area contributed by atoms with E-state index in [1.807, 2.05) is 13.0 Å². The van der Waals surface area contributed by atoms with E-state index in [1.54, 1.807) is 12.1 Å². The molecule has 0 radical (unpaired) electrons. The normalized spacial score (nSPS) is 25.4. The number of aromatic hydroxyl groups is 1. The summed E-state index contributed by atoms with van der Waals surface area (Å²) in [6.07, 6.45) is 4.19. The molecular formula is C16H16O4. The molecule has 2 aliphatic rings. The van der Waals surface area contributed by atoms with Crippen molar-refractivity contribution in [3.05, 3.63) is 47.2 Å². The fraction of sp³-hybridized carbons (Fsp3) is 0.312. The summed E-state index contributed by atoms with van der Waals surface area (Å²) in [5, 5.41) is 19.0. The zero-order valence-electron chi connectivity index (χ0n) is 11.2. The van der Waals surface area contributed by atoms with Crippen LogP contribution in [0.1, 0.15) is 23.7 Å². The van der Waals surface area contributed by atoms with Gasteiger partial charge in [0.15, 0.2) is 5.78 Å². The Kier molecular flexibility index (Phi) is 3.01. The molecular weight excluding hydrogens is 256 g/mol. The molecule has 2 N–H and O–H groups in total. The highest BCUT2D eigenvalue weighted by Gasteiger charge is 2.35. The van der Waals surface area contributed by atoms with E-state index >= 15 is 0 Å². The maximum absolute atomic E-state index is 12.5. The summed E-state index contributed by atoms with van der Waals surface area (Å²) in [5.41, 5.74) is 1.41. The Morgan fingerprint density at radius 1 is 1.30 bits per heavy atom. The molecule has 0 bridgehead atoms. The number of aliphatic hydroxyl groups excluding tert-OH is 1. The van der Waals surface area contributed by atoms with Gasteiger partial charge in [-0.2, -0.15) is 0 Å². The number of aliphatic hydroxyl groups is 1. The van der Waals surface area contributed by atoms with Crippen molar-refractivity contribution in [3.63, 3.8) is 0 Å². The van der Waals surface area contributed by atoms with E-state index in [1.165, 1.54) is 12.1 Å². The molecule has 1 aliphatic heterocycles. The number of fused-ring (bicyclic) bond motifs is 1. The Labute approximate surface area is 117 Å². The largest absolute Gasteiger partial charge is 0.508 e. The molecule has 0 saturated carbocycles. The Morgan fingerprint density at radius 2 is 2.10 bits per heavy atom. The lowest BCUT2D eigenvalue weighted by Crippen LogP contribution is -2.33. The number of rotatable bonds is 1. The molecule has 1 aliphatic carbocycles. The van der Waals surface area contributed by atoms with Gasteiger partial charge in [-0.25, -0.2) is 0 Å². The molecule has 20 heavy (non-hydrogen) atoms. The predicted octanol–water partition coefficient (Wildman–Crippen LogP) is 2.99. The van der Waals surface area contributed by atoms with Gasteiger partial charge in [0.2, 0.25) is 0 Å². The van der Waals surface area contributed by atoms with E-state index in [2.05, 4.69) is 0 Å². The molecule has 4 heteroatoms. The molecule has 1 aromatic carbocycles. The Bertz CT molecular complexity index is 627. The minimum Gasteiger partial charge on any atom is -0.508 e. The van der Waals surface area contributed by atoms with Crippen LogP contribution in [0, 0.1) is 11.8 Å². The van der Waals surface area contributed by atoms with Crippen molar-refractivity contribution in [2.75, 3.05) is 6.61 Å². The van der Waals surface area contributed by atoms with E-state index in [-0.39, 0.29) is 29.1 Å². The highest BCUT2D eigenvalue weighted by atomic mass is 16.5. The average Bonchev–Trinajstić information content (AvgIpc) is 2.42. The zero-order valence-corrected chi connectivity index (χ0v) is 11.2. The van der Waals surface area contributed by atoms with Crippen molar-refractivity contribution >= 4 is 5.78 Å². The molecule has 0 aromatic heterocycles. The second kappa shape index (κ2) is 4.71. The van der Waals surface area contributed by atoms with Gasteiger partial charge in [-0.3, -0.25) is 4.79 Å². The average molecular weight is 272 g/mol. The van der Waals surface area contributed by atoms with Gasteiger partial charge in [-0.1, -0.05) is 6.08 Å². The second-order valence-electron chi connectivity index (χ2n) is 5.35. The summed E-state index contributed by atoms with van der Waals surface area (Å²) in [6, 6.07) is 4.57. The number of phenolic OH excluding ortho intramolecular Hbond substituents is 1. The van der Waals surface area contributed by atoms with Gasteiger partial charge in [0.05, 0.1) is 18.1 Å². The third-order valence-corrected chi connectivity index (χ3v) is 3.98. The molecule has 3 rings (SSSR count). The Morgan fingerprint density at radius 3 is 2.85 bits per heavy atom. The summed E-state index contributed by atoms with van der Waals surface area (Å²) >= 11 is 0. The van der Waals surface area contributed by atoms with Crippen LogP contribution in [0.2, 0.25) is 0 Å². The first-order valence-electron chi connectivity index (χ1n) is 6.63. The van der Waals surface area contributed by atoms with Crippen LogP contribution in [0.4, 0.5) is 0 Å². The molecule has 1 heterocycles. The first kappa shape index (κ1) is 12.8. The summed E-state index contributed by atoms with van der Waals surface area (Å²) in [7, 11) is 0. The van der Waals surface area contributed by atoms with Gasteiger partial charge in [-0.05, 0) is 43.0 Å². The number of carbonyl (C=O) groups excluding carboxylic acids is 1. The Balaban J connectivity index is 1.87. The smallest absolute Gasteiger partial charge is 0.173 e. The zero-order chi connectivity index (χ0) is 14.3. The monoisotopic (exact) mass is 272 g/mol. The van der Waals surface area contributed by atoms with Gasteiger partial charge >= 0.3 is 0 Å². The van der Waals surface area contributed by atoms with Crippen molar-refractivity contribution in [1.82, 2.24) is 0 Å². The summed E-state index contributed by atoms with van der Waals surface area (Å²) in [5.74, 6) is 0.662. The van der Waals surface area contributed by atoms with Crippen LogP contribution in [0.5, 0.6) is 11.5 Å². The van der Waals surface area contributed by atoms with Gasteiger partial charge < -0.3 is 14.9 Å². The van der Waals surface area contributed by atoms with Gasteiger partial charge in [0, 0.05) is 6.07 Å². The molecule has 104 valence electrons. The third kappa shape index (κ3) is 2.07. The van der Waals surface area contributed by atoms with Crippen molar-refractivity contribution in [1.29, 1.82) is 0 Å². The molecule has 0 amide bonds. The number of allylic oxidation sites excluding steroid dienone is 3. The van der Waals surface area contributed by atoms with Crippen LogP contribution < -0.4 is 4.74 Å². The molecule has 1 aromatic rings. The van der Waals surface area contributed by atoms with Gasteiger partial charge in [-0.15, -0.1) is 0 Å². The number of phenols is 1. The molecule has 0 spiro atoms. The lowest BCUT2D eigenvalue weighted by atomic mass is 9.79. The number of carbonyl (C=O) groups is 1. The summed E-state index contributed by atoms with van der Waals surface area (Å²) in [4.78, 5) is 12.5. The van der Waals surface area contributed by atoms with Crippen molar-refractivity contribution in [3.8, 4) is 11.5 Å². The molecule has 0 fully saturated rings. The maximum Gasteiger partial charge on any atom is 0.173 e. The first-order valence-corrected chi connectivity index (χ1v) is 6.63. The molecule has 2 atom stereocenters. The minimum atomic E-state index is -0.244. The van der Waals surface area contributed by atoms with Crippen LogP contribution >= 0.6 is 0 Å². The lowest BCUT2D eigenvalue weighted by molar-refractivity contribution is 0.0778. The van der Waals surface area contributed by atoms with Crippen molar-refractivity contribution in [2.45, 2.75) is 13.3 Å². The van der Waals surface area contributed by atoms with E-state index in [4.69, 9.17) is 4.74 Å². The number of benzene rings is 1. The second-order valence-corrected chi connectivity index (χ2v) is 5.35. The van der Waals surface area contributed by atoms with Gasteiger partial charge in [0.25, 0.3) is 0 Å². The summed E-state index contributed by atoms with van der Waals surface area (Å²) in [6.45, 7) is 2.17. The molecule has 4 nitrogen and oxygen atoms in total. The first-order chi connectivity index (χ1) is 9.56. The number of Topliss-reactive ketones (excluding diaryl/α,β-unsaturated/α-hetero) is 1. The third-order valence-electron chi connectivity index (χ3n) is 3.98. The number of ketones is 1. The topological polar surface area (TPSA) is 66.8 Å². The SMILES string of the molecule is CC1=C(O)C=CC([C@H]2COc3cc(O)ccc3C2=O)C1. The van der Waals surface area contributed by atoms with Crippen LogP contribution in [-0.4, -0.2) is 22.6 Å². The number of hydrogen-bond donors (Lipinski definition) is 2. The van der Waals surface area contributed by atoms with E-state index in [9.17, 15) is 15.0 Å². The Hall–Kier alpha value is -2.23. The van der Waals surface area contributed by atoms with Crippen LogP contribution in [0.25, 0.3) is 0 Å². The van der Waals surface area contributed by atoms with Crippen molar-refractivity contribution < 1.29 is 19.7 Å². The van der Waals surface area contributed by atoms with Crippen molar-refractivity contribution in [2.24, 2.45) is 11.8 Å². The fourth-order valence-corrected chi connectivity index (χ4v) is 2.77. The molecule has 1 unspecified atom stereocenters. The van der Waals surface area contributed by atoms with Crippen LogP contribution in [0.3, 0.4) is 0 Å². The van der Waals surface area contributed by atoms with Crippen LogP contribution in [-0.2, 0) is 0 Å². The highest BCUT2D eigenvalue weighted by Crippen LogP contribution is 2.36. The maximum atomic E-state index is 12.5. The lowest BCUT2D eigenvalue weighted by Gasteiger charge is -2.30. The number of hydrogen-bond acceptors (Lipinski definition) is 4. The van der Waals surface area contributed by atoms with E-state index in [0.717, 1.165) is 5.57 Å². The number of ether oxygens (including phenoxy) is 1. The van der Waals surface area contributed by atoms with E-state index < -0.39 is 0 Å².